The molecule has 19 nitrogen and oxygen atoms in total. The number of unbranched alkanes of at least 4 members (excludes halogenated alkanes) is 2. The third-order valence-electron chi connectivity index (χ3n) is 15.8. The molecule has 438 valence electrons. The molecule has 0 radical (unpaired) electrons. The molecule has 2 aromatic rings. The number of hydrogen-bond acceptors (Lipinski definition) is 13. The van der Waals surface area contributed by atoms with Crippen LogP contribution in [-0.2, 0) is 47.8 Å². The fourth-order valence-electron chi connectivity index (χ4n) is 11.1. The number of nitrogens with zero attached hydrogens (tertiary/aromatic N) is 5. The maximum Gasteiger partial charge on any atom is 0.338 e. The molecule has 4 rings (SSSR count). The van der Waals surface area contributed by atoms with Crippen molar-refractivity contribution in [3.63, 3.8) is 0 Å². The van der Waals surface area contributed by atoms with Crippen molar-refractivity contribution in [2.75, 3.05) is 48.5 Å². The van der Waals surface area contributed by atoms with Gasteiger partial charge in [0.2, 0.25) is 41.4 Å². The predicted octanol–water partition coefficient (Wildman–Crippen LogP) is 6.53. The summed E-state index contributed by atoms with van der Waals surface area (Å²) in [5.74, 6) is -3.48. The van der Waals surface area contributed by atoms with Crippen molar-refractivity contribution in [1.29, 1.82) is 0 Å². The molecule has 0 bridgehead atoms. The monoisotopic (exact) mass is 1100 g/mol. The van der Waals surface area contributed by atoms with Gasteiger partial charge in [0.15, 0.2) is 0 Å². The summed E-state index contributed by atoms with van der Waals surface area (Å²) in [6, 6.07) is 12.9. The van der Waals surface area contributed by atoms with Gasteiger partial charge >= 0.3 is 5.97 Å². The van der Waals surface area contributed by atoms with Gasteiger partial charge in [0.1, 0.15) is 12.1 Å². The number of carbonyl (C=O) groups is 8. The number of amides is 7. The molecule has 0 aliphatic carbocycles. The molecule has 2 heterocycles. The van der Waals surface area contributed by atoms with Gasteiger partial charge in [-0.3, -0.25) is 43.4 Å². The molecule has 1 unspecified atom stereocenters. The minimum absolute atomic E-state index is 0.0142. The second-order valence-electron chi connectivity index (χ2n) is 22.6. The molecule has 7 amide bonds. The third kappa shape index (κ3) is 17.7. The van der Waals surface area contributed by atoms with E-state index in [-0.39, 0.29) is 89.8 Å². The van der Waals surface area contributed by atoms with E-state index >= 15 is 0 Å². The Hall–Kier alpha value is -6.05. The van der Waals surface area contributed by atoms with Crippen molar-refractivity contribution < 1.29 is 52.6 Å². The number of hydrazone groups is 1. The molecule has 11 atom stereocenters. The molecule has 2 fully saturated rings. The number of likely N-dealkylation sites (tertiary alicyclic amines) is 2. The molecule has 19 heteroatoms. The summed E-state index contributed by atoms with van der Waals surface area (Å²) in [6.07, 6.45) is 2.05. The Morgan fingerprint density at radius 1 is 0.810 bits per heavy atom. The van der Waals surface area contributed by atoms with Crippen LogP contribution in [0, 0.1) is 29.6 Å². The smallest absolute Gasteiger partial charge is 0.338 e. The number of nitrogens with one attached hydrogen (secondary N) is 3. The zero-order chi connectivity index (χ0) is 58.8. The summed E-state index contributed by atoms with van der Waals surface area (Å²) in [4.78, 5) is 114. The second-order valence-corrected chi connectivity index (χ2v) is 22.6. The van der Waals surface area contributed by atoms with Crippen LogP contribution >= 0.6 is 0 Å². The van der Waals surface area contributed by atoms with E-state index in [0.717, 1.165) is 0 Å². The molecule has 0 spiro atoms. The SMILES string of the molecule is CC[C@H](C)[C@@H]([C@@H](CC(=O)N1CCC[C@H]1[C@H](OC)[C@@H](C)C(=O)N[C@H](C)[C@@H](OC(=O)c1ccc(/C(C)=N\NC(=O)CCCCCN2C(=O)CC(C)C2=O)cc1)c1ccccc1)OC)N(C)C(=O)[C@@H](NC(=O)[C@H](C(C)C)N(C)C)C(C)C. The molecule has 3 N–H and O–H groups in total. The Morgan fingerprint density at radius 2 is 1.46 bits per heavy atom. The van der Waals surface area contributed by atoms with Crippen LogP contribution in [0.25, 0.3) is 0 Å². The Bertz CT molecular complexity index is 2390. The van der Waals surface area contributed by atoms with Crippen molar-refractivity contribution in [1.82, 2.24) is 35.7 Å². The number of hydrogen-bond donors (Lipinski definition) is 3. The Balaban J connectivity index is 1.40. The molecule has 2 aliphatic heterocycles. The molecule has 0 saturated carbocycles. The van der Waals surface area contributed by atoms with E-state index in [1.807, 2.05) is 90.9 Å². The van der Waals surface area contributed by atoms with E-state index in [1.54, 1.807) is 75.9 Å². The summed E-state index contributed by atoms with van der Waals surface area (Å²) < 4.78 is 18.3. The summed E-state index contributed by atoms with van der Waals surface area (Å²) in [6.45, 7) is 19.6. The van der Waals surface area contributed by atoms with E-state index in [1.165, 1.54) is 12.0 Å². The van der Waals surface area contributed by atoms with Crippen molar-refractivity contribution in [2.24, 2.45) is 34.7 Å². The molecular weight excluding hydrogens is 1010 g/mol. The third-order valence-corrected chi connectivity index (χ3v) is 15.8. The van der Waals surface area contributed by atoms with Crippen molar-refractivity contribution in [3.05, 3.63) is 71.3 Å². The number of rotatable bonds is 30. The Kier molecular flexibility index (Phi) is 25.8. The van der Waals surface area contributed by atoms with Gasteiger partial charge in [-0.05, 0) is 94.6 Å². The summed E-state index contributed by atoms with van der Waals surface area (Å²) in [5.41, 5.74) is 4.69. The zero-order valence-corrected chi connectivity index (χ0v) is 49.7. The van der Waals surface area contributed by atoms with Crippen molar-refractivity contribution in [3.8, 4) is 0 Å². The number of likely N-dealkylation sites (N-methyl/N-ethyl adjacent to an activating group) is 2. The molecule has 0 aromatic heterocycles. The minimum atomic E-state index is -0.890. The first-order valence-electron chi connectivity index (χ1n) is 28.3. The maximum absolute atomic E-state index is 14.5. The van der Waals surface area contributed by atoms with Gasteiger partial charge in [-0.25, -0.2) is 10.2 Å². The Labute approximate surface area is 469 Å². The van der Waals surface area contributed by atoms with Crippen LogP contribution in [-0.4, -0.2) is 164 Å². The van der Waals surface area contributed by atoms with E-state index in [4.69, 9.17) is 14.2 Å². The average Bonchev–Trinajstić information content (AvgIpc) is 4.01. The molecule has 2 saturated heterocycles. The highest BCUT2D eigenvalue weighted by molar-refractivity contribution is 6.03. The number of methoxy groups -OCH3 is 2. The number of ether oxygens (including phenoxy) is 3. The highest BCUT2D eigenvalue weighted by atomic mass is 16.5. The van der Waals surface area contributed by atoms with Crippen LogP contribution in [0.5, 0.6) is 0 Å². The topological polar surface area (TPSA) is 226 Å². The lowest BCUT2D eigenvalue weighted by Gasteiger charge is -2.41. The summed E-state index contributed by atoms with van der Waals surface area (Å²) >= 11 is 0. The lowest BCUT2D eigenvalue weighted by atomic mass is 9.89. The van der Waals surface area contributed by atoms with Crippen LogP contribution < -0.4 is 16.1 Å². The maximum atomic E-state index is 14.5. The average molecular weight is 1100 g/mol. The number of carbonyl (C=O) groups excluding carboxylic acids is 8. The first-order chi connectivity index (χ1) is 37.4. The van der Waals surface area contributed by atoms with E-state index in [0.29, 0.717) is 68.5 Å². The first-order valence-corrected chi connectivity index (χ1v) is 28.3. The number of imide groups is 1. The molecule has 2 aliphatic rings. The zero-order valence-electron chi connectivity index (χ0n) is 49.7. The molecule has 2 aromatic carbocycles. The van der Waals surface area contributed by atoms with Gasteiger partial charge in [0.05, 0.1) is 60.0 Å². The van der Waals surface area contributed by atoms with Crippen LogP contribution in [0.4, 0.5) is 0 Å². The molecule has 79 heavy (non-hydrogen) atoms. The van der Waals surface area contributed by atoms with Crippen LogP contribution in [0.3, 0.4) is 0 Å². The van der Waals surface area contributed by atoms with Gasteiger partial charge < -0.3 is 34.6 Å². The quantitative estimate of drug-likeness (QED) is 0.0250. The Morgan fingerprint density at radius 3 is 2.01 bits per heavy atom. The fourth-order valence-corrected chi connectivity index (χ4v) is 11.1. The van der Waals surface area contributed by atoms with Crippen LogP contribution in [0.1, 0.15) is 155 Å². The second kappa shape index (κ2) is 31.1. The summed E-state index contributed by atoms with van der Waals surface area (Å²) in [5, 5.41) is 10.4. The number of benzene rings is 2. The van der Waals surface area contributed by atoms with Gasteiger partial charge in [0, 0.05) is 53.1 Å². The van der Waals surface area contributed by atoms with Crippen molar-refractivity contribution in [2.45, 2.75) is 176 Å². The largest absolute Gasteiger partial charge is 0.452 e. The summed E-state index contributed by atoms with van der Waals surface area (Å²) in [7, 11) is 8.49. The predicted molar refractivity (Wildman–Crippen MR) is 303 cm³/mol. The van der Waals surface area contributed by atoms with Crippen LogP contribution in [0.2, 0.25) is 0 Å². The van der Waals surface area contributed by atoms with E-state index < -0.39 is 60.4 Å². The minimum Gasteiger partial charge on any atom is -0.452 e. The van der Waals surface area contributed by atoms with Gasteiger partial charge in [-0.1, -0.05) is 111 Å². The lowest BCUT2D eigenvalue weighted by Crippen LogP contribution is -2.59. The fraction of sp³-hybridized carbons (Fsp3) is 0.650. The lowest BCUT2D eigenvalue weighted by molar-refractivity contribution is -0.148. The highest BCUT2D eigenvalue weighted by Gasteiger charge is 2.44. The first kappa shape index (κ1) is 65.5. The highest BCUT2D eigenvalue weighted by Crippen LogP contribution is 2.31. The number of esters is 1. The van der Waals surface area contributed by atoms with Gasteiger partial charge in [-0.2, -0.15) is 5.10 Å². The van der Waals surface area contributed by atoms with Crippen molar-refractivity contribution >= 4 is 53.0 Å². The van der Waals surface area contributed by atoms with E-state index in [2.05, 4.69) is 21.2 Å². The van der Waals surface area contributed by atoms with Gasteiger partial charge in [-0.15, -0.1) is 0 Å². The standard InChI is InChI=1S/C60H92N8O11/c1-16-38(6)53(66(13)59(75)51(36(2)3)62-57(73)52(37(4)5)65(11)12)47(77-14)35-50(71)67-33-23-26-46(67)54(78-15)40(8)56(72)61-42(10)55(44-24-19-17-20-25-44)79-60(76)45-30-28-43(29-31-45)41(9)63-64-48(69)27-21-18-22-32-68-49(70)34-39(7)58(68)74/h17,19-20,24-25,28-31,36-40,42,46-47,51-55H,16,18,21-23,26-27,32-35H2,1-15H3,(H,61,72)(H,62,73)(H,64,69)/b63-41-/t38-,39?,40+,42+,46-,47+,51-,52-,53-,54+,55+/m0/s1. The normalized spacial score (nSPS) is 19.3. The van der Waals surface area contributed by atoms with Crippen LogP contribution in [0.15, 0.2) is 59.7 Å². The van der Waals surface area contributed by atoms with E-state index in [9.17, 15) is 38.4 Å². The van der Waals surface area contributed by atoms with Gasteiger partial charge in [0.25, 0.3) is 0 Å². The molecular formula is C60H92N8O11.